The Kier molecular flexibility index (Phi) is 4.04. The van der Waals surface area contributed by atoms with Gasteiger partial charge in [-0.25, -0.2) is 0 Å². The van der Waals surface area contributed by atoms with Gasteiger partial charge in [-0.3, -0.25) is 4.99 Å². The molecule has 1 aromatic rings. The lowest BCUT2D eigenvalue weighted by atomic mass is 9.89. The van der Waals surface area contributed by atoms with Gasteiger partial charge in [0.1, 0.15) is 17.4 Å². The normalized spacial score (nSPS) is 23.3. The zero-order valence-corrected chi connectivity index (χ0v) is 16.3. The molecule has 0 saturated heterocycles. The Hall–Kier alpha value is -2.95. The van der Waals surface area contributed by atoms with Crippen molar-refractivity contribution in [2.75, 3.05) is 11.9 Å². The van der Waals surface area contributed by atoms with Crippen LogP contribution < -0.4 is 10.6 Å². The molecular weight excluding hydrogens is 348 g/mol. The molecule has 2 aliphatic heterocycles. The zero-order chi connectivity index (χ0) is 19.3. The van der Waals surface area contributed by atoms with Gasteiger partial charge in [-0.2, -0.15) is 0 Å². The average Bonchev–Trinajstić information content (AvgIpc) is 3.31. The first-order valence-corrected chi connectivity index (χ1v) is 10.1. The van der Waals surface area contributed by atoms with Gasteiger partial charge in [-0.1, -0.05) is 26.0 Å². The standard InChI is InChI=1S/C23H26N4O/c1-13(2)22-26-19-8-7-14(10-20(19)27-22)15-9-17-18(12-25-23(17)24-11-15)16-5-3-4-6-21(16)28/h5-9,12-13,20,24-25,28H,3-4,10-11H2,1-2H3,(H,26,27). The molecule has 4 N–H and O–H groups in total. The Balaban J connectivity index is 1.46. The van der Waals surface area contributed by atoms with E-state index in [1.54, 1.807) is 0 Å². The number of H-pyrrole nitrogens is 1. The number of allylic oxidation sites excluding steroid dienone is 5. The summed E-state index contributed by atoms with van der Waals surface area (Å²) in [6.07, 6.45) is 15.5. The Morgan fingerprint density at radius 3 is 2.82 bits per heavy atom. The number of anilines is 1. The largest absolute Gasteiger partial charge is 0.508 e. The summed E-state index contributed by atoms with van der Waals surface area (Å²) in [5, 5.41) is 17.3. The number of aliphatic hydroxyl groups excluding tert-OH is 1. The highest BCUT2D eigenvalue weighted by atomic mass is 16.3. The molecule has 4 aliphatic rings. The van der Waals surface area contributed by atoms with Crippen LogP contribution in [0.15, 0.2) is 58.1 Å². The van der Waals surface area contributed by atoms with Crippen LogP contribution in [0.2, 0.25) is 0 Å². The van der Waals surface area contributed by atoms with Gasteiger partial charge in [0.15, 0.2) is 0 Å². The molecule has 0 amide bonds. The maximum Gasteiger partial charge on any atom is 0.119 e. The van der Waals surface area contributed by atoms with E-state index >= 15 is 0 Å². The minimum absolute atomic E-state index is 0.207. The molecule has 144 valence electrons. The quantitative estimate of drug-likeness (QED) is 0.621. The monoisotopic (exact) mass is 374 g/mol. The van der Waals surface area contributed by atoms with Crippen molar-refractivity contribution in [1.82, 2.24) is 10.3 Å². The van der Waals surface area contributed by atoms with Gasteiger partial charge in [0.05, 0.1) is 6.04 Å². The lowest BCUT2D eigenvalue weighted by Crippen LogP contribution is -2.24. The Morgan fingerprint density at radius 1 is 1.14 bits per heavy atom. The summed E-state index contributed by atoms with van der Waals surface area (Å²) in [7, 11) is 0. The van der Waals surface area contributed by atoms with E-state index in [0.29, 0.717) is 11.7 Å². The predicted octanol–water partition coefficient (Wildman–Crippen LogP) is 4.68. The van der Waals surface area contributed by atoms with Crippen molar-refractivity contribution < 1.29 is 5.11 Å². The first-order chi connectivity index (χ1) is 13.6. The van der Waals surface area contributed by atoms with E-state index in [9.17, 15) is 5.11 Å². The number of aromatic amines is 1. The topological polar surface area (TPSA) is 72.4 Å². The van der Waals surface area contributed by atoms with E-state index in [2.05, 4.69) is 53.8 Å². The van der Waals surface area contributed by atoms with Crippen LogP contribution in [0.4, 0.5) is 5.82 Å². The van der Waals surface area contributed by atoms with Crippen LogP contribution in [-0.4, -0.2) is 28.5 Å². The number of fused-ring (bicyclic) bond motifs is 2. The fourth-order valence-corrected chi connectivity index (χ4v) is 4.29. The number of aliphatic imine (C=N–C) groups is 1. The first kappa shape index (κ1) is 17.2. The van der Waals surface area contributed by atoms with Crippen molar-refractivity contribution >= 4 is 23.3 Å². The smallest absolute Gasteiger partial charge is 0.119 e. The SMILES string of the molecule is CC(C)C1=NC2CC(C3=Cc4c(C5=CCCC=C5O)c[nH]c4NC3)=CC=C2N1. The van der Waals surface area contributed by atoms with E-state index < -0.39 is 0 Å². The summed E-state index contributed by atoms with van der Waals surface area (Å²) in [4.78, 5) is 8.21. The molecule has 1 atom stereocenters. The molecule has 0 radical (unpaired) electrons. The summed E-state index contributed by atoms with van der Waals surface area (Å²) in [6.45, 7) is 5.14. The van der Waals surface area contributed by atoms with Crippen LogP contribution >= 0.6 is 0 Å². The second-order valence-corrected chi connectivity index (χ2v) is 8.13. The molecule has 5 heteroatoms. The highest BCUT2D eigenvalue weighted by Crippen LogP contribution is 2.38. The molecule has 3 heterocycles. The molecule has 0 saturated carbocycles. The number of nitrogens with one attached hydrogen (secondary N) is 3. The summed E-state index contributed by atoms with van der Waals surface area (Å²) >= 11 is 0. The second kappa shape index (κ2) is 6.59. The lowest BCUT2D eigenvalue weighted by molar-refractivity contribution is 0.432. The molecule has 0 aromatic carbocycles. The van der Waals surface area contributed by atoms with E-state index in [1.165, 1.54) is 16.8 Å². The van der Waals surface area contributed by atoms with Gasteiger partial charge in [0.2, 0.25) is 0 Å². The second-order valence-electron chi connectivity index (χ2n) is 8.13. The third-order valence-corrected chi connectivity index (χ3v) is 5.88. The van der Waals surface area contributed by atoms with Gasteiger partial charge < -0.3 is 20.7 Å². The minimum atomic E-state index is 0.207. The fourth-order valence-electron chi connectivity index (χ4n) is 4.29. The van der Waals surface area contributed by atoms with Gasteiger partial charge in [-0.05, 0) is 42.2 Å². The van der Waals surface area contributed by atoms with Crippen LogP contribution in [0.5, 0.6) is 0 Å². The van der Waals surface area contributed by atoms with Crippen LogP contribution in [0, 0.1) is 5.92 Å². The van der Waals surface area contributed by atoms with Crippen molar-refractivity contribution in [3.05, 3.63) is 64.2 Å². The highest BCUT2D eigenvalue weighted by Gasteiger charge is 2.29. The molecule has 2 aliphatic carbocycles. The first-order valence-electron chi connectivity index (χ1n) is 10.1. The van der Waals surface area contributed by atoms with Crippen LogP contribution in [0.25, 0.3) is 11.6 Å². The van der Waals surface area contributed by atoms with Crippen LogP contribution in [0.1, 0.15) is 44.2 Å². The Labute approximate surface area is 165 Å². The molecular formula is C23H26N4O. The molecule has 5 rings (SSSR count). The molecule has 0 bridgehead atoms. The summed E-state index contributed by atoms with van der Waals surface area (Å²) in [5.74, 6) is 2.90. The highest BCUT2D eigenvalue weighted by molar-refractivity contribution is 5.90. The lowest BCUT2D eigenvalue weighted by Gasteiger charge is -2.23. The van der Waals surface area contributed by atoms with E-state index in [0.717, 1.165) is 54.2 Å². The molecule has 1 aromatic heterocycles. The number of hydrogen-bond donors (Lipinski definition) is 4. The third kappa shape index (κ3) is 2.82. The maximum absolute atomic E-state index is 10.3. The number of nitrogens with zero attached hydrogens (tertiary/aromatic N) is 1. The fraction of sp³-hybridized carbons (Fsp3) is 0.348. The van der Waals surface area contributed by atoms with Crippen molar-refractivity contribution in [2.24, 2.45) is 10.9 Å². The summed E-state index contributed by atoms with van der Waals surface area (Å²) < 4.78 is 0. The molecule has 28 heavy (non-hydrogen) atoms. The average molecular weight is 374 g/mol. The van der Waals surface area contributed by atoms with Crippen molar-refractivity contribution in [1.29, 1.82) is 0 Å². The predicted molar refractivity (Wildman–Crippen MR) is 115 cm³/mol. The number of hydrogen-bond acceptors (Lipinski definition) is 4. The summed E-state index contributed by atoms with van der Waals surface area (Å²) in [5.41, 5.74) is 6.93. The molecule has 0 spiro atoms. The Bertz CT molecular complexity index is 1010. The van der Waals surface area contributed by atoms with Crippen molar-refractivity contribution in [2.45, 2.75) is 39.2 Å². The zero-order valence-electron chi connectivity index (χ0n) is 16.3. The van der Waals surface area contributed by atoms with Gasteiger partial charge >= 0.3 is 0 Å². The minimum Gasteiger partial charge on any atom is -0.508 e. The van der Waals surface area contributed by atoms with Gasteiger partial charge in [0, 0.05) is 47.5 Å². The molecule has 0 fully saturated rings. The number of amidine groups is 1. The van der Waals surface area contributed by atoms with E-state index in [1.807, 2.05) is 12.3 Å². The Morgan fingerprint density at radius 2 is 2.00 bits per heavy atom. The number of aliphatic hydroxyl groups is 1. The van der Waals surface area contributed by atoms with E-state index in [4.69, 9.17) is 4.99 Å². The van der Waals surface area contributed by atoms with Crippen LogP contribution in [0.3, 0.4) is 0 Å². The van der Waals surface area contributed by atoms with Crippen molar-refractivity contribution in [3.63, 3.8) is 0 Å². The van der Waals surface area contributed by atoms with Gasteiger partial charge in [-0.15, -0.1) is 0 Å². The molecule has 5 nitrogen and oxygen atoms in total. The van der Waals surface area contributed by atoms with Gasteiger partial charge in [0.25, 0.3) is 0 Å². The third-order valence-electron chi connectivity index (χ3n) is 5.88. The molecule has 1 unspecified atom stereocenters. The maximum atomic E-state index is 10.3. The van der Waals surface area contributed by atoms with Crippen molar-refractivity contribution in [3.8, 4) is 0 Å². The van der Waals surface area contributed by atoms with Crippen LogP contribution in [-0.2, 0) is 0 Å². The summed E-state index contributed by atoms with van der Waals surface area (Å²) in [6, 6.07) is 0.207. The van der Waals surface area contributed by atoms with E-state index in [-0.39, 0.29) is 6.04 Å². The number of aromatic nitrogens is 1. The number of rotatable bonds is 3.